The molecule has 7 nitrogen and oxygen atoms in total. The monoisotopic (exact) mass is 334 g/mol. The van der Waals surface area contributed by atoms with Gasteiger partial charge < -0.3 is 10.5 Å². The highest BCUT2D eigenvalue weighted by Crippen LogP contribution is 2.39. The number of rotatable bonds is 3. The van der Waals surface area contributed by atoms with Crippen LogP contribution in [0.2, 0.25) is 15.1 Å². The molecule has 0 saturated heterocycles. The van der Waals surface area contributed by atoms with E-state index in [2.05, 4.69) is 9.97 Å². The first kappa shape index (κ1) is 14.6. The molecule has 0 fully saturated rings. The SMILES string of the molecule is Nc1ncnc(Oc2cc(Cl)c(Cl)cc2[N+](=O)[O-])c1Cl. The van der Waals surface area contributed by atoms with Crippen LogP contribution in [0.15, 0.2) is 18.5 Å². The molecule has 1 aromatic heterocycles. The highest BCUT2D eigenvalue weighted by Gasteiger charge is 2.21. The predicted octanol–water partition coefficient (Wildman–Crippen LogP) is 3.72. The number of aromatic nitrogens is 2. The van der Waals surface area contributed by atoms with Crippen molar-refractivity contribution < 1.29 is 9.66 Å². The largest absolute Gasteiger partial charge is 0.430 e. The Balaban J connectivity index is 2.50. The van der Waals surface area contributed by atoms with Crippen LogP contribution in [0.1, 0.15) is 0 Å². The molecule has 0 aliphatic carbocycles. The Labute approximate surface area is 127 Å². The van der Waals surface area contributed by atoms with Gasteiger partial charge in [-0.2, -0.15) is 4.98 Å². The zero-order valence-corrected chi connectivity index (χ0v) is 11.8. The molecule has 0 aliphatic rings. The minimum atomic E-state index is -0.671. The number of nitrogens with two attached hydrogens (primary N) is 1. The minimum Gasteiger partial charge on any atom is -0.430 e. The van der Waals surface area contributed by atoms with E-state index in [1.807, 2.05) is 0 Å². The lowest BCUT2D eigenvalue weighted by Crippen LogP contribution is -1.98. The van der Waals surface area contributed by atoms with Gasteiger partial charge in [-0.25, -0.2) is 4.98 Å². The van der Waals surface area contributed by atoms with Gasteiger partial charge in [0.05, 0.1) is 15.0 Å². The van der Waals surface area contributed by atoms with Gasteiger partial charge in [0.1, 0.15) is 17.2 Å². The second kappa shape index (κ2) is 5.66. The van der Waals surface area contributed by atoms with Gasteiger partial charge in [0.25, 0.3) is 0 Å². The third kappa shape index (κ3) is 2.84. The number of nitrogens with zero attached hydrogens (tertiary/aromatic N) is 3. The maximum Gasteiger partial charge on any atom is 0.313 e. The molecule has 0 saturated carbocycles. The van der Waals surface area contributed by atoms with Crippen LogP contribution in [0, 0.1) is 10.1 Å². The summed E-state index contributed by atoms with van der Waals surface area (Å²) in [4.78, 5) is 17.7. The Morgan fingerprint density at radius 1 is 1.20 bits per heavy atom. The number of ether oxygens (including phenoxy) is 1. The number of benzene rings is 1. The predicted molar refractivity (Wildman–Crippen MR) is 74.6 cm³/mol. The van der Waals surface area contributed by atoms with Crippen LogP contribution < -0.4 is 10.5 Å². The van der Waals surface area contributed by atoms with Crippen molar-refractivity contribution >= 4 is 46.3 Å². The van der Waals surface area contributed by atoms with Crippen LogP contribution >= 0.6 is 34.8 Å². The first-order valence-electron chi connectivity index (χ1n) is 4.97. The van der Waals surface area contributed by atoms with E-state index in [1.165, 1.54) is 6.07 Å². The second-order valence-corrected chi connectivity index (χ2v) is 4.66. The Bertz CT molecular complexity index is 696. The van der Waals surface area contributed by atoms with E-state index < -0.39 is 4.92 Å². The van der Waals surface area contributed by atoms with Gasteiger partial charge >= 0.3 is 5.69 Å². The Morgan fingerprint density at radius 2 is 1.85 bits per heavy atom. The molecule has 1 aromatic carbocycles. The van der Waals surface area contributed by atoms with E-state index in [1.54, 1.807) is 0 Å². The third-order valence-electron chi connectivity index (χ3n) is 2.19. The van der Waals surface area contributed by atoms with Crippen molar-refractivity contribution in [2.45, 2.75) is 0 Å². The summed E-state index contributed by atoms with van der Waals surface area (Å²) in [6.45, 7) is 0. The van der Waals surface area contributed by atoms with E-state index in [4.69, 9.17) is 45.3 Å². The second-order valence-electron chi connectivity index (χ2n) is 3.47. The third-order valence-corrected chi connectivity index (χ3v) is 3.27. The van der Waals surface area contributed by atoms with Crippen molar-refractivity contribution in [3.63, 3.8) is 0 Å². The topological polar surface area (TPSA) is 104 Å². The lowest BCUT2D eigenvalue weighted by molar-refractivity contribution is -0.385. The standard InChI is InChI=1S/C10H5Cl3N4O3/c11-4-1-6(17(18)19)7(2-5(4)12)20-10-8(13)9(14)15-3-16-10/h1-3H,(H2,14,15,16). The molecule has 1 heterocycles. The Hall–Kier alpha value is -1.83. The fourth-order valence-electron chi connectivity index (χ4n) is 1.28. The highest BCUT2D eigenvalue weighted by molar-refractivity contribution is 6.42. The molecule has 0 unspecified atom stereocenters. The van der Waals surface area contributed by atoms with Gasteiger partial charge in [-0.15, -0.1) is 0 Å². The molecule has 0 bridgehead atoms. The molecule has 0 spiro atoms. The average molecular weight is 336 g/mol. The molecule has 10 heteroatoms. The molecule has 104 valence electrons. The lowest BCUT2D eigenvalue weighted by atomic mass is 10.3. The summed E-state index contributed by atoms with van der Waals surface area (Å²) in [6.07, 6.45) is 1.11. The summed E-state index contributed by atoms with van der Waals surface area (Å²) in [5.74, 6) is -0.301. The van der Waals surface area contributed by atoms with Gasteiger partial charge in [-0.05, 0) is 0 Å². The quantitative estimate of drug-likeness (QED) is 0.677. The number of nitro groups is 1. The van der Waals surface area contributed by atoms with E-state index in [9.17, 15) is 10.1 Å². The Morgan fingerprint density at radius 3 is 2.50 bits per heavy atom. The van der Waals surface area contributed by atoms with Crippen molar-refractivity contribution in [3.05, 3.63) is 43.6 Å². The van der Waals surface area contributed by atoms with Crippen LogP contribution in [0.3, 0.4) is 0 Å². The molecule has 2 aromatic rings. The van der Waals surface area contributed by atoms with Crippen LogP contribution in [0.4, 0.5) is 11.5 Å². The normalized spacial score (nSPS) is 10.3. The number of hydrogen-bond donors (Lipinski definition) is 1. The molecule has 20 heavy (non-hydrogen) atoms. The van der Waals surface area contributed by atoms with E-state index in [-0.39, 0.29) is 38.2 Å². The van der Waals surface area contributed by atoms with E-state index in [0.717, 1.165) is 12.4 Å². The van der Waals surface area contributed by atoms with Gasteiger partial charge in [0.15, 0.2) is 0 Å². The first-order chi connectivity index (χ1) is 9.40. The van der Waals surface area contributed by atoms with Crippen LogP contribution in [-0.2, 0) is 0 Å². The van der Waals surface area contributed by atoms with Gasteiger partial charge in [-0.3, -0.25) is 10.1 Å². The molecular formula is C10H5Cl3N4O3. The molecule has 2 rings (SSSR count). The summed E-state index contributed by atoms with van der Waals surface area (Å²) >= 11 is 17.4. The number of nitro benzene ring substituents is 1. The number of hydrogen-bond acceptors (Lipinski definition) is 6. The number of halogens is 3. The highest BCUT2D eigenvalue weighted by atomic mass is 35.5. The average Bonchev–Trinajstić information content (AvgIpc) is 2.38. The summed E-state index contributed by atoms with van der Waals surface area (Å²) in [5, 5.41) is 11.0. The zero-order valence-electron chi connectivity index (χ0n) is 9.51. The first-order valence-corrected chi connectivity index (χ1v) is 6.10. The van der Waals surface area contributed by atoms with Crippen LogP contribution in [-0.4, -0.2) is 14.9 Å². The smallest absolute Gasteiger partial charge is 0.313 e. The van der Waals surface area contributed by atoms with Crippen molar-refractivity contribution in [1.82, 2.24) is 9.97 Å². The van der Waals surface area contributed by atoms with Gasteiger partial charge in [0, 0.05) is 12.1 Å². The van der Waals surface area contributed by atoms with Crippen molar-refractivity contribution in [3.8, 4) is 11.6 Å². The maximum atomic E-state index is 11.0. The minimum absolute atomic E-state index is 0.0145. The van der Waals surface area contributed by atoms with Crippen LogP contribution in [0.5, 0.6) is 11.6 Å². The molecule has 2 N–H and O–H groups in total. The summed E-state index contributed by atoms with van der Waals surface area (Å²) < 4.78 is 5.27. The number of nitrogen functional groups attached to an aromatic ring is 1. The van der Waals surface area contributed by atoms with Crippen LogP contribution in [0.25, 0.3) is 0 Å². The van der Waals surface area contributed by atoms with E-state index >= 15 is 0 Å². The molecule has 0 amide bonds. The summed E-state index contributed by atoms with van der Waals surface area (Å²) in [6, 6.07) is 2.26. The van der Waals surface area contributed by atoms with Crippen molar-refractivity contribution in [2.24, 2.45) is 0 Å². The molecular weight excluding hydrogens is 330 g/mol. The van der Waals surface area contributed by atoms with E-state index in [0.29, 0.717) is 0 Å². The zero-order chi connectivity index (χ0) is 14.9. The molecule has 0 radical (unpaired) electrons. The Kier molecular flexibility index (Phi) is 4.12. The fraction of sp³-hybridized carbons (Fsp3) is 0. The lowest BCUT2D eigenvalue weighted by Gasteiger charge is -2.08. The number of anilines is 1. The van der Waals surface area contributed by atoms with Gasteiger partial charge in [-0.1, -0.05) is 34.8 Å². The molecule has 0 aliphatic heterocycles. The maximum absolute atomic E-state index is 11.0. The fourth-order valence-corrected chi connectivity index (χ4v) is 1.73. The van der Waals surface area contributed by atoms with Crippen molar-refractivity contribution in [2.75, 3.05) is 5.73 Å². The summed E-state index contributed by atoms with van der Waals surface area (Å²) in [7, 11) is 0. The van der Waals surface area contributed by atoms with Crippen molar-refractivity contribution in [1.29, 1.82) is 0 Å². The van der Waals surface area contributed by atoms with Gasteiger partial charge in [0.2, 0.25) is 11.6 Å². The molecule has 0 atom stereocenters. The summed E-state index contributed by atoms with van der Waals surface area (Å²) in [5.41, 5.74) is 5.10.